The highest BCUT2D eigenvalue weighted by atomic mass is 35.5. The number of hydrogen-bond donors (Lipinski definition) is 2. The molecule has 0 bridgehead atoms. The Hall–Kier alpha value is -2.08. The number of carbonyl (C=O) groups is 2. The average Bonchev–Trinajstić information content (AvgIpc) is 3.31. The Labute approximate surface area is 194 Å². The molecule has 2 amide bonds. The molecule has 3 aliphatic carbocycles. The van der Waals surface area contributed by atoms with E-state index < -0.39 is 11.7 Å². The summed E-state index contributed by atoms with van der Waals surface area (Å²) in [5, 5.41) is 5.98. The Kier molecular flexibility index (Phi) is 7.71. The van der Waals surface area contributed by atoms with Crippen molar-refractivity contribution in [3.8, 4) is 5.75 Å². The van der Waals surface area contributed by atoms with Gasteiger partial charge in [-0.25, -0.2) is 4.39 Å². The van der Waals surface area contributed by atoms with Crippen LogP contribution in [0.1, 0.15) is 83.5 Å². The monoisotopic (exact) mass is 462 g/mol. The van der Waals surface area contributed by atoms with Gasteiger partial charge in [0.2, 0.25) is 5.91 Å². The van der Waals surface area contributed by atoms with Crippen molar-refractivity contribution in [2.45, 2.75) is 95.6 Å². The minimum Gasteiger partial charge on any atom is -0.489 e. The molecular weight excluding hydrogens is 431 g/mol. The first-order valence-corrected chi connectivity index (χ1v) is 12.4. The largest absolute Gasteiger partial charge is 0.489 e. The van der Waals surface area contributed by atoms with Gasteiger partial charge in [-0.1, -0.05) is 30.9 Å². The molecule has 0 aliphatic heterocycles. The zero-order valence-corrected chi connectivity index (χ0v) is 19.2. The summed E-state index contributed by atoms with van der Waals surface area (Å²) in [6.45, 7) is 0. The Balaban J connectivity index is 1.49. The number of halogens is 2. The van der Waals surface area contributed by atoms with Crippen LogP contribution in [0.25, 0.3) is 0 Å². The summed E-state index contributed by atoms with van der Waals surface area (Å²) in [7, 11) is 0. The molecule has 32 heavy (non-hydrogen) atoms. The second-order valence-electron chi connectivity index (χ2n) is 9.21. The first kappa shape index (κ1) is 23.1. The van der Waals surface area contributed by atoms with E-state index in [0.717, 1.165) is 64.2 Å². The lowest BCUT2D eigenvalue weighted by molar-refractivity contribution is -0.119. The highest BCUT2D eigenvalue weighted by Crippen LogP contribution is 2.35. The van der Waals surface area contributed by atoms with Gasteiger partial charge < -0.3 is 15.4 Å². The van der Waals surface area contributed by atoms with Gasteiger partial charge in [0.05, 0.1) is 16.8 Å². The van der Waals surface area contributed by atoms with Crippen LogP contribution in [0.3, 0.4) is 0 Å². The molecule has 0 spiro atoms. The van der Waals surface area contributed by atoms with Crippen LogP contribution in [0.2, 0.25) is 5.02 Å². The van der Waals surface area contributed by atoms with Crippen LogP contribution < -0.4 is 15.4 Å². The molecule has 0 atom stereocenters. The highest BCUT2D eigenvalue weighted by molar-refractivity contribution is 6.32. The number of carbonyl (C=O) groups excluding carboxylic acids is 2. The van der Waals surface area contributed by atoms with Crippen LogP contribution in [-0.2, 0) is 9.59 Å². The number of rotatable bonds is 6. The maximum atomic E-state index is 14.6. The lowest BCUT2D eigenvalue weighted by Gasteiger charge is -2.25. The van der Waals surface area contributed by atoms with E-state index in [2.05, 4.69) is 10.6 Å². The van der Waals surface area contributed by atoms with E-state index in [9.17, 15) is 14.0 Å². The molecule has 0 unspecified atom stereocenters. The standard InChI is InChI=1S/C25H32ClFN2O3/c26-20-14-21(27)22(15-23(20)32-17-10-4-5-11-17)29-25(31)19-13-7-6-12-18(19)24(30)28-16-8-2-1-3-9-16/h14-17H,1-13H2,(H,28,30)(H,29,31). The Morgan fingerprint density at radius 2 is 1.50 bits per heavy atom. The highest BCUT2D eigenvalue weighted by Gasteiger charge is 2.27. The van der Waals surface area contributed by atoms with Gasteiger partial charge in [0.25, 0.3) is 5.91 Å². The van der Waals surface area contributed by atoms with Crippen molar-refractivity contribution in [1.29, 1.82) is 0 Å². The Morgan fingerprint density at radius 3 is 2.19 bits per heavy atom. The molecule has 0 saturated heterocycles. The lowest BCUT2D eigenvalue weighted by Crippen LogP contribution is -2.38. The zero-order chi connectivity index (χ0) is 22.5. The first-order chi connectivity index (χ1) is 15.5. The SMILES string of the molecule is O=C(Nc1cc(OC2CCCC2)c(Cl)cc1F)C1=C(C(=O)NC2CCCCC2)CCCC1. The molecular formula is C25H32ClFN2O3. The summed E-state index contributed by atoms with van der Waals surface area (Å²) in [6, 6.07) is 2.81. The molecule has 0 radical (unpaired) electrons. The zero-order valence-electron chi connectivity index (χ0n) is 18.5. The van der Waals surface area contributed by atoms with Crippen molar-refractivity contribution in [1.82, 2.24) is 5.32 Å². The van der Waals surface area contributed by atoms with Gasteiger partial charge in [-0.2, -0.15) is 0 Å². The van der Waals surface area contributed by atoms with E-state index in [1.807, 2.05) is 0 Å². The van der Waals surface area contributed by atoms with Crippen molar-refractivity contribution in [2.75, 3.05) is 5.32 Å². The molecule has 2 saturated carbocycles. The second kappa shape index (κ2) is 10.7. The van der Waals surface area contributed by atoms with Crippen molar-refractivity contribution in [3.63, 3.8) is 0 Å². The van der Waals surface area contributed by atoms with E-state index in [-0.39, 0.29) is 28.8 Å². The van der Waals surface area contributed by atoms with Crippen LogP contribution in [-0.4, -0.2) is 24.0 Å². The second-order valence-corrected chi connectivity index (χ2v) is 9.62. The molecule has 0 aromatic heterocycles. The summed E-state index contributed by atoms with van der Waals surface area (Å²) in [6.07, 6.45) is 12.4. The van der Waals surface area contributed by atoms with E-state index in [1.54, 1.807) is 0 Å². The third kappa shape index (κ3) is 5.64. The Morgan fingerprint density at radius 1 is 0.875 bits per heavy atom. The van der Waals surface area contributed by atoms with Gasteiger partial charge in [-0.15, -0.1) is 0 Å². The van der Waals surface area contributed by atoms with Gasteiger partial charge in [0.15, 0.2) is 0 Å². The van der Waals surface area contributed by atoms with Crippen LogP contribution in [0.15, 0.2) is 23.3 Å². The summed E-state index contributed by atoms with van der Waals surface area (Å²) < 4.78 is 20.5. The molecule has 7 heteroatoms. The average molecular weight is 463 g/mol. The van der Waals surface area contributed by atoms with Crippen molar-refractivity contribution in [2.24, 2.45) is 0 Å². The smallest absolute Gasteiger partial charge is 0.252 e. The first-order valence-electron chi connectivity index (χ1n) is 12.0. The van der Waals surface area contributed by atoms with Crippen LogP contribution in [0.5, 0.6) is 5.75 Å². The maximum Gasteiger partial charge on any atom is 0.252 e. The third-order valence-electron chi connectivity index (χ3n) is 6.82. The number of benzene rings is 1. The van der Waals surface area contributed by atoms with Gasteiger partial charge in [0.1, 0.15) is 11.6 Å². The van der Waals surface area contributed by atoms with Crippen molar-refractivity contribution in [3.05, 3.63) is 34.1 Å². The predicted octanol–water partition coefficient (Wildman–Crippen LogP) is 6.06. The predicted molar refractivity (Wildman–Crippen MR) is 123 cm³/mol. The number of ether oxygens (including phenoxy) is 1. The van der Waals surface area contributed by atoms with E-state index in [4.69, 9.17) is 16.3 Å². The van der Waals surface area contributed by atoms with Crippen molar-refractivity contribution >= 4 is 29.1 Å². The van der Waals surface area contributed by atoms with Crippen molar-refractivity contribution < 1.29 is 18.7 Å². The quantitative estimate of drug-likeness (QED) is 0.540. The van der Waals surface area contributed by atoms with E-state index >= 15 is 0 Å². The molecule has 3 aliphatic rings. The fourth-order valence-corrected chi connectivity index (χ4v) is 5.22. The number of hydrogen-bond acceptors (Lipinski definition) is 3. The summed E-state index contributed by atoms with van der Waals surface area (Å²) in [5.74, 6) is -0.815. The molecule has 1 aromatic rings. The summed E-state index contributed by atoms with van der Waals surface area (Å²) in [5.41, 5.74) is 1.02. The fourth-order valence-electron chi connectivity index (χ4n) is 5.02. The molecule has 4 rings (SSSR count). The number of amides is 2. The molecule has 0 heterocycles. The van der Waals surface area contributed by atoms with E-state index in [1.165, 1.54) is 18.6 Å². The summed E-state index contributed by atoms with van der Waals surface area (Å²) in [4.78, 5) is 26.0. The normalized spacial score (nSPS) is 20.3. The van der Waals surface area contributed by atoms with Gasteiger partial charge >= 0.3 is 0 Å². The fraction of sp³-hybridized carbons (Fsp3) is 0.600. The molecule has 174 valence electrons. The minimum atomic E-state index is -0.619. The lowest BCUT2D eigenvalue weighted by atomic mass is 9.89. The van der Waals surface area contributed by atoms with E-state index in [0.29, 0.717) is 29.7 Å². The maximum absolute atomic E-state index is 14.6. The summed E-state index contributed by atoms with van der Waals surface area (Å²) >= 11 is 6.18. The minimum absolute atomic E-state index is 0.0255. The number of anilines is 1. The van der Waals surface area contributed by atoms with Crippen LogP contribution in [0.4, 0.5) is 10.1 Å². The van der Waals surface area contributed by atoms with Gasteiger partial charge in [-0.3, -0.25) is 9.59 Å². The van der Waals surface area contributed by atoms with Gasteiger partial charge in [0, 0.05) is 23.3 Å². The topological polar surface area (TPSA) is 67.4 Å². The molecule has 2 N–H and O–H groups in total. The van der Waals surface area contributed by atoms with Crippen LogP contribution in [0, 0.1) is 5.82 Å². The molecule has 5 nitrogen and oxygen atoms in total. The Bertz CT molecular complexity index is 889. The molecule has 1 aromatic carbocycles. The number of nitrogens with one attached hydrogen (secondary N) is 2. The third-order valence-corrected chi connectivity index (χ3v) is 7.12. The van der Waals surface area contributed by atoms with Gasteiger partial charge in [-0.05, 0) is 70.3 Å². The molecule has 2 fully saturated rings. The van der Waals surface area contributed by atoms with Crippen LogP contribution >= 0.6 is 11.6 Å².